The van der Waals surface area contributed by atoms with E-state index in [-0.39, 0.29) is 0 Å². The number of rotatable bonds is 3. The van der Waals surface area contributed by atoms with Gasteiger partial charge in [0, 0.05) is 5.56 Å². The van der Waals surface area contributed by atoms with Crippen LogP contribution in [0.15, 0.2) is 42.7 Å². The van der Waals surface area contributed by atoms with Gasteiger partial charge >= 0.3 is 0 Å². The molecule has 3 nitrogen and oxygen atoms in total. The fourth-order valence-electron chi connectivity index (χ4n) is 1.31. The minimum absolute atomic E-state index is 0.568. The maximum atomic E-state index is 5.29. The Kier molecular flexibility index (Phi) is 2.93. The van der Waals surface area contributed by atoms with Crippen LogP contribution in [0.4, 0.5) is 0 Å². The molecular weight excluding hydrogens is 188 g/mol. The van der Waals surface area contributed by atoms with Gasteiger partial charge in [0.1, 0.15) is 0 Å². The molecule has 2 aromatic rings. The van der Waals surface area contributed by atoms with Crippen molar-refractivity contribution in [3.63, 3.8) is 0 Å². The number of aromatic nitrogens is 2. The predicted molar refractivity (Wildman–Crippen MR) is 58.6 cm³/mol. The second-order valence-electron chi connectivity index (χ2n) is 3.04. The van der Waals surface area contributed by atoms with Crippen molar-refractivity contribution in [3.8, 4) is 17.1 Å². The standard InChI is InChI=1S/C12H12N2O/c1-2-15-12-9-13-8-11(14-12)10-6-4-3-5-7-10/h3-9H,2H2,1H3. The lowest BCUT2D eigenvalue weighted by Crippen LogP contribution is -1.96. The van der Waals surface area contributed by atoms with Crippen LogP contribution in [0, 0.1) is 0 Å². The van der Waals surface area contributed by atoms with E-state index in [0.717, 1.165) is 11.3 Å². The molecule has 0 aliphatic rings. The predicted octanol–water partition coefficient (Wildman–Crippen LogP) is 2.54. The van der Waals surface area contributed by atoms with Gasteiger partial charge in [0.15, 0.2) is 0 Å². The first kappa shape index (κ1) is 9.65. The maximum Gasteiger partial charge on any atom is 0.232 e. The van der Waals surface area contributed by atoms with Crippen LogP contribution in [0.1, 0.15) is 6.92 Å². The summed E-state index contributed by atoms with van der Waals surface area (Å²) in [4.78, 5) is 8.44. The molecule has 0 saturated heterocycles. The van der Waals surface area contributed by atoms with Crippen LogP contribution in [0.3, 0.4) is 0 Å². The summed E-state index contributed by atoms with van der Waals surface area (Å²) >= 11 is 0. The van der Waals surface area contributed by atoms with Gasteiger partial charge in [0.2, 0.25) is 5.88 Å². The molecular formula is C12H12N2O. The van der Waals surface area contributed by atoms with Gasteiger partial charge in [-0.25, -0.2) is 4.98 Å². The molecule has 0 spiro atoms. The zero-order chi connectivity index (χ0) is 10.5. The SMILES string of the molecule is CCOc1cncc(-c2ccccc2)n1. The molecule has 0 fully saturated rings. The fourth-order valence-corrected chi connectivity index (χ4v) is 1.31. The van der Waals surface area contributed by atoms with Crippen LogP contribution in [-0.2, 0) is 0 Å². The lowest BCUT2D eigenvalue weighted by atomic mass is 10.2. The Morgan fingerprint density at radius 2 is 1.93 bits per heavy atom. The number of hydrogen-bond acceptors (Lipinski definition) is 3. The lowest BCUT2D eigenvalue weighted by molar-refractivity contribution is 0.325. The van der Waals surface area contributed by atoms with Crippen molar-refractivity contribution in [2.45, 2.75) is 6.92 Å². The zero-order valence-corrected chi connectivity index (χ0v) is 8.55. The Hall–Kier alpha value is -1.90. The van der Waals surface area contributed by atoms with Gasteiger partial charge in [0.05, 0.1) is 24.7 Å². The topological polar surface area (TPSA) is 35.0 Å². The number of ether oxygens (including phenoxy) is 1. The van der Waals surface area contributed by atoms with E-state index in [2.05, 4.69) is 9.97 Å². The number of nitrogens with zero attached hydrogens (tertiary/aromatic N) is 2. The highest BCUT2D eigenvalue weighted by atomic mass is 16.5. The molecule has 0 aliphatic heterocycles. The molecule has 0 unspecified atom stereocenters. The second kappa shape index (κ2) is 4.55. The molecule has 1 aromatic heterocycles. The van der Waals surface area contributed by atoms with E-state index in [1.54, 1.807) is 12.4 Å². The molecule has 15 heavy (non-hydrogen) atoms. The molecule has 0 N–H and O–H groups in total. The summed E-state index contributed by atoms with van der Waals surface area (Å²) < 4.78 is 5.29. The number of hydrogen-bond donors (Lipinski definition) is 0. The second-order valence-corrected chi connectivity index (χ2v) is 3.04. The molecule has 0 atom stereocenters. The Labute approximate surface area is 88.8 Å². The van der Waals surface area contributed by atoms with Gasteiger partial charge in [-0.2, -0.15) is 0 Å². The molecule has 0 saturated carbocycles. The normalized spacial score (nSPS) is 9.93. The molecule has 0 bridgehead atoms. The first-order chi connectivity index (χ1) is 7.40. The van der Waals surface area contributed by atoms with Crippen LogP contribution >= 0.6 is 0 Å². The van der Waals surface area contributed by atoms with Crippen LogP contribution in [-0.4, -0.2) is 16.6 Å². The highest BCUT2D eigenvalue weighted by molar-refractivity contribution is 5.57. The average molecular weight is 200 g/mol. The third kappa shape index (κ3) is 2.31. The van der Waals surface area contributed by atoms with E-state index >= 15 is 0 Å². The fraction of sp³-hybridized carbons (Fsp3) is 0.167. The minimum Gasteiger partial charge on any atom is -0.477 e. The Balaban J connectivity index is 2.33. The van der Waals surface area contributed by atoms with E-state index in [9.17, 15) is 0 Å². The van der Waals surface area contributed by atoms with Gasteiger partial charge in [-0.1, -0.05) is 30.3 Å². The van der Waals surface area contributed by atoms with Crippen LogP contribution in [0.5, 0.6) is 5.88 Å². The van der Waals surface area contributed by atoms with E-state index in [1.807, 2.05) is 37.3 Å². The van der Waals surface area contributed by atoms with Crippen LogP contribution in [0.2, 0.25) is 0 Å². The van der Waals surface area contributed by atoms with Crippen molar-refractivity contribution in [2.75, 3.05) is 6.61 Å². The molecule has 1 heterocycles. The summed E-state index contributed by atoms with van der Waals surface area (Å²) in [6.07, 6.45) is 3.35. The van der Waals surface area contributed by atoms with Crippen molar-refractivity contribution in [1.29, 1.82) is 0 Å². The maximum absolute atomic E-state index is 5.29. The molecule has 0 amide bonds. The minimum atomic E-state index is 0.568. The third-order valence-corrected chi connectivity index (χ3v) is 1.97. The summed E-state index contributed by atoms with van der Waals surface area (Å²) in [5.74, 6) is 0.568. The van der Waals surface area contributed by atoms with Gasteiger partial charge < -0.3 is 4.74 Å². The van der Waals surface area contributed by atoms with Gasteiger partial charge in [-0.3, -0.25) is 4.98 Å². The van der Waals surface area contributed by atoms with Crippen molar-refractivity contribution < 1.29 is 4.74 Å². The monoisotopic (exact) mass is 200 g/mol. The van der Waals surface area contributed by atoms with E-state index in [4.69, 9.17) is 4.74 Å². The molecule has 1 aromatic carbocycles. The van der Waals surface area contributed by atoms with Crippen molar-refractivity contribution in [1.82, 2.24) is 9.97 Å². The van der Waals surface area contributed by atoms with E-state index < -0.39 is 0 Å². The first-order valence-electron chi connectivity index (χ1n) is 4.90. The lowest BCUT2D eigenvalue weighted by Gasteiger charge is -2.03. The highest BCUT2D eigenvalue weighted by Gasteiger charge is 2.00. The summed E-state index contributed by atoms with van der Waals surface area (Å²) in [5, 5.41) is 0. The van der Waals surface area contributed by atoms with Crippen LogP contribution in [0.25, 0.3) is 11.3 Å². The zero-order valence-electron chi connectivity index (χ0n) is 8.55. The molecule has 0 radical (unpaired) electrons. The summed E-state index contributed by atoms with van der Waals surface area (Å²) in [6, 6.07) is 9.93. The largest absolute Gasteiger partial charge is 0.477 e. The smallest absolute Gasteiger partial charge is 0.232 e. The summed E-state index contributed by atoms with van der Waals surface area (Å²) in [5.41, 5.74) is 1.88. The van der Waals surface area contributed by atoms with E-state index in [1.165, 1.54) is 0 Å². The average Bonchev–Trinajstić information content (AvgIpc) is 2.31. The van der Waals surface area contributed by atoms with E-state index in [0.29, 0.717) is 12.5 Å². The Morgan fingerprint density at radius 3 is 2.67 bits per heavy atom. The van der Waals surface area contributed by atoms with Crippen molar-refractivity contribution in [2.24, 2.45) is 0 Å². The van der Waals surface area contributed by atoms with Gasteiger partial charge in [-0.05, 0) is 6.92 Å². The quantitative estimate of drug-likeness (QED) is 0.763. The summed E-state index contributed by atoms with van der Waals surface area (Å²) in [6.45, 7) is 2.53. The third-order valence-electron chi connectivity index (χ3n) is 1.97. The molecule has 2 rings (SSSR count). The Morgan fingerprint density at radius 1 is 1.13 bits per heavy atom. The molecule has 0 aliphatic carbocycles. The highest BCUT2D eigenvalue weighted by Crippen LogP contribution is 2.17. The Bertz CT molecular complexity index is 429. The van der Waals surface area contributed by atoms with Gasteiger partial charge in [0.25, 0.3) is 0 Å². The molecule has 76 valence electrons. The number of benzene rings is 1. The van der Waals surface area contributed by atoms with Gasteiger partial charge in [-0.15, -0.1) is 0 Å². The van der Waals surface area contributed by atoms with Crippen molar-refractivity contribution >= 4 is 0 Å². The van der Waals surface area contributed by atoms with Crippen LogP contribution < -0.4 is 4.74 Å². The first-order valence-corrected chi connectivity index (χ1v) is 4.90. The molecule has 3 heteroatoms. The van der Waals surface area contributed by atoms with Crippen molar-refractivity contribution in [3.05, 3.63) is 42.7 Å². The summed E-state index contributed by atoms with van der Waals surface area (Å²) in [7, 11) is 0.